The molecule has 5 N–H and O–H groups in total. The van der Waals surface area contributed by atoms with Crippen molar-refractivity contribution >= 4 is 29.2 Å². The van der Waals surface area contributed by atoms with Crippen LogP contribution < -0.4 is 16.8 Å². The van der Waals surface area contributed by atoms with Gasteiger partial charge in [-0.05, 0) is 38.4 Å². The summed E-state index contributed by atoms with van der Waals surface area (Å²) in [5, 5.41) is 4.07. The Kier molecular flexibility index (Phi) is 5.80. The smallest absolute Gasteiger partial charge is 0.223 e. The van der Waals surface area contributed by atoms with E-state index in [1.54, 1.807) is 6.92 Å². The lowest BCUT2D eigenvalue weighted by molar-refractivity contribution is 0.405. The van der Waals surface area contributed by atoms with Crippen molar-refractivity contribution in [1.29, 1.82) is 0 Å². The number of guanidine groups is 1. The van der Waals surface area contributed by atoms with E-state index in [1.165, 1.54) is 6.42 Å². The van der Waals surface area contributed by atoms with Crippen molar-refractivity contribution in [3.63, 3.8) is 0 Å². The van der Waals surface area contributed by atoms with E-state index in [1.807, 2.05) is 30.3 Å². The summed E-state index contributed by atoms with van der Waals surface area (Å²) in [7, 11) is 0. The third-order valence-electron chi connectivity index (χ3n) is 4.03. The van der Waals surface area contributed by atoms with E-state index in [0.717, 1.165) is 30.6 Å². The molecule has 1 fully saturated rings. The first-order chi connectivity index (χ1) is 12.5. The number of halogens is 1. The van der Waals surface area contributed by atoms with Gasteiger partial charge in [0.1, 0.15) is 0 Å². The summed E-state index contributed by atoms with van der Waals surface area (Å²) in [6.07, 6.45) is 3.33. The second kappa shape index (κ2) is 8.25. The van der Waals surface area contributed by atoms with Gasteiger partial charge in [-0.15, -0.1) is 0 Å². The molecular weight excluding hydrogens is 350 g/mol. The summed E-state index contributed by atoms with van der Waals surface area (Å²) >= 11 is 6.33. The largest absolute Gasteiger partial charge is 0.387 e. The standard InChI is InChI=1S/C18H22ClN7/c1-11(20)23-18(21)26-16-10-15(14-8-4-5-9-22-14)24-17(25-16)12-6-2-3-7-13(12)19/h2-3,6-7,10,14,22H,4-5,8-9H2,1H3,(H4,20,21,23,24,25,26). The first kappa shape index (κ1) is 18.3. The first-order valence-corrected chi connectivity index (χ1v) is 8.93. The molecule has 2 heterocycles. The van der Waals surface area contributed by atoms with Crippen LogP contribution in [0, 0.1) is 0 Å². The third kappa shape index (κ3) is 4.56. The van der Waals surface area contributed by atoms with E-state index in [0.29, 0.717) is 22.5 Å². The highest BCUT2D eigenvalue weighted by Crippen LogP contribution is 2.30. The highest BCUT2D eigenvalue weighted by atomic mass is 35.5. The summed E-state index contributed by atoms with van der Waals surface area (Å²) in [5.41, 5.74) is 13.0. The molecule has 136 valence electrons. The molecule has 1 aliphatic rings. The zero-order valence-corrected chi connectivity index (χ0v) is 15.4. The van der Waals surface area contributed by atoms with Gasteiger partial charge in [0.05, 0.1) is 16.6 Å². The summed E-state index contributed by atoms with van der Waals surface area (Å²) in [5.74, 6) is 1.33. The monoisotopic (exact) mass is 371 g/mol. The van der Waals surface area contributed by atoms with Crippen molar-refractivity contribution in [2.75, 3.05) is 6.54 Å². The van der Waals surface area contributed by atoms with Crippen molar-refractivity contribution in [2.24, 2.45) is 21.5 Å². The minimum Gasteiger partial charge on any atom is -0.387 e. The molecule has 1 aromatic heterocycles. The molecule has 1 saturated heterocycles. The Labute approximate surface area is 157 Å². The van der Waals surface area contributed by atoms with Gasteiger partial charge in [0.25, 0.3) is 0 Å². The van der Waals surface area contributed by atoms with E-state index >= 15 is 0 Å². The molecule has 0 amide bonds. The van der Waals surface area contributed by atoms with E-state index in [-0.39, 0.29) is 12.0 Å². The predicted octanol–water partition coefficient (Wildman–Crippen LogP) is 2.93. The van der Waals surface area contributed by atoms with Gasteiger partial charge in [0, 0.05) is 17.7 Å². The number of rotatable bonds is 3. The van der Waals surface area contributed by atoms with Crippen LogP contribution >= 0.6 is 11.6 Å². The molecule has 1 aromatic carbocycles. The quantitative estimate of drug-likeness (QED) is 0.566. The van der Waals surface area contributed by atoms with Crippen LogP contribution in [0.3, 0.4) is 0 Å². The number of aliphatic imine (C=N–C) groups is 2. The van der Waals surface area contributed by atoms with Crippen molar-refractivity contribution in [1.82, 2.24) is 15.3 Å². The minimum atomic E-state index is 0.0522. The van der Waals surface area contributed by atoms with E-state index in [9.17, 15) is 0 Å². The van der Waals surface area contributed by atoms with Crippen LogP contribution in [0.2, 0.25) is 5.02 Å². The molecule has 2 aromatic rings. The maximum atomic E-state index is 6.33. The van der Waals surface area contributed by atoms with Gasteiger partial charge in [0.15, 0.2) is 11.6 Å². The molecular formula is C18H22ClN7. The molecule has 1 aliphatic heterocycles. The van der Waals surface area contributed by atoms with Gasteiger partial charge in [-0.1, -0.05) is 30.2 Å². The number of benzene rings is 1. The second-order valence-electron chi connectivity index (χ2n) is 6.18. The first-order valence-electron chi connectivity index (χ1n) is 8.55. The lowest BCUT2D eigenvalue weighted by Crippen LogP contribution is -2.27. The molecule has 0 spiro atoms. The molecule has 0 saturated carbocycles. The van der Waals surface area contributed by atoms with Crippen LogP contribution in [0.25, 0.3) is 11.4 Å². The number of hydrogen-bond acceptors (Lipinski definition) is 4. The summed E-state index contributed by atoms with van der Waals surface area (Å²) < 4.78 is 0. The molecule has 1 unspecified atom stereocenters. The number of nitrogens with zero attached hydrogens (tertiary/aromatic N) is 4. The fraction of sp³-hybridized carbons (Fsp3) is 0.333. The topological polar surface area (TPSA) is 115 Å². The fourth-order valence-electron chi connectivity index (χ4n) is 2.88. The van der Waals surface area contributed by atoms with Gasteiger partial charge in [-0.3, -0.25) is 0 Å². The number of nitrogens with two attached hydrogens (primary N) is 2. The molecule has 0 radical (unpaired) electrons. The number of piperidine rings is 1. The van der Waals surface area contributed by atoms with Gasteiger partial charge < -0.3 is 16.8 Å². The molecule has 0 aliphatic carbocycles. The molecule has 1 atom stereocenters. The van der Waals surface area contributed by atoms with Crippen LogP contribution in [0.5, 0.6) is 0 Å². The maximum absolute atomic E-state index is 6.33. The minimum absolute atomic E-state index is 0.0522. The SMILES string of the molecule is C/C(N)=N/C(N)=Nc1cc(C2CCCCN2)nc(-c2ccccc2Cl)n1. The van der Waals surface area contributed by atoms with Crippen molar-refractivity contribution in [3.05, 3.63) is 41.0 Å². The Hall–Kier alpha value is -2.51. The third-order valence-corrected chi connectivity index (χ3v) is 4.36. The van der Waals surface area contributed by atoms with Crippen LogP contribution in [0.1, 0.15) is 37.9 Å². The van der Waals surface area contributed by atoms with Gasteiger partial charge >= 0.3 is 0 Å². The van der Waals surface area contributed by atoms with Crippen LogP contribution in [0.4, 0.5) is 5.82 Å². The number of hydrogen-bond donors (Lipinski definition) is 3. The Balaban J connectivity index is 2.07. The molecule has 7 nitrogen and oxygen atoms in total. The molecule has 26 heavy (non-hydrogen) atoms. The lowest BCUT2D eigenvalue weighted by Gasteiger charge is -2.23. The van der Waals surface area contributed by atoms with E-state index < -0.39 is 0 Å². The Morgan fingerprint density at radius 3 is 2.73 bits per heavy atom. The number of aromatic nitrogens is 2. The number of amidine groups is 1. The predicted molar refractivity (Wildman–Crippen MR) is 106 cm³/mol. The highest BCUT2D eigenvalue weighted by molar-refractivity contribution is 6.33. The molecule has 3 rings (SSSR count). The summed E-state index contributed by atoms with van der Waals surface area (Å²) in [6.45, 7) is 2.61. The maximum Gasteiger partial charge on any atom is 0.223 e. The Bertz CT molecular complexity index is 837. The van der Waals surface area contributed by atoms with Crippen molar-refractivity contribution in [3.8, 4) is 11.4 Å². The Morgan fingerprint density at radius 1 is 1.23 bits per heavy atom. The van der Waals surface area contributed by atoms with Crippen LogP contribution in [-0.4, -0.2) is 28.3 Å². The normalized spacial score (nSPS) is 18.8. The highest BCUT2D eigenvalue weighted by Gasteiger charge is 2.19. The Morgan fingerprint density at radius 2 is 2.04 bits per heavy atom. The molecule has 8 heteroatoms. The van der Waals surface area contributed by atoms with Crippen molar-refractivity contribution < 1.29 is 0 Å². The van der Waals surface area contributed by atoms with Crippen LogP contribution in [0.15, 0.2) is 40.3 Å². The van der Waals surface area contributed by atoms with Gasteiger partial charge in [0.2, 0.25) is 5.96 Å². The zero-order chi connectivity index (χ0) is 18.5. The van der Waals surface area contributed by atoms with E-state index in [2.05, 4.69) is 20.3 Å². The van der Waals surface area contributed by atoms with Crippen molar-refractivity contribution in [2.45, 2.75) is 32.2 Å². The second-order valence-corrected chi connectivity index (χ2v) is 6.59. The summed E-state index contributed by atoms with van der Waals surface area (Å²) in [4.78, 5) is 17.5. The van der Waals surface area contributed by atoms with E-state index in [4.69, 9.17) is 28.1 Å². The zero-order valence-electron chi connectivity index (χ0n) is 14.6. The average molecular weight is 372 g/mol. The number of nitrogens with one attached hydrogen (secondary N) is 1. The van der Waals surface area contributed by atoms with Crippen LogP contribution in [-0.2, 0) is 0 Å². The fourth-order valence-corrected chi connectivity index (χ4v) is 3.10. The van der Waals surface area contributed by atoms with Gasteiger partial charge in [-0.25, -0.2) is 15.0 Å². The average Bonchev–Trinajstić information content (AvgIpc) is 2.62. The van der Waals surface area contributed by atoms with Gasteiger partial charge in [-0.2, -0.15) is 4.99 Å². The summed E-state index contributed by atoms with van der Waals surface area (Å²) in [6, 6.07) is 9.45. The lowest BCUT2D eigenvalue weighted by atomic mass is 10.0. The molecule has 0 bridgehead atoms.